The van der Waals surface area contributed by atoms with Gasteiger partial charge in [0, 0.05) is 30.2 Å². The molecule has 100 valence electrons. The van der Waals surface area contributed by atoms with Crippen molar-refractivity contribution < 1.29 is 0 Å². The van der Waals surface area contributed by atoms with Gasteiger partial charge >= 0.3 is 0 Å². The summed E-state index contributed by atoms with van der Waals surface area (Å²) in [7, 11) is 2.20. The lowest BCUT2D eigenvalue weighted by atomic mass is 9.86. The van der Waals surface area contributed by atoms with Gasteiger partial charge in [-0.25, -0.2) is 0 Å². The van der Waals surface area contributed by atoms with Crippen LogP contribution in [-0.2, 0) is 0 Å². The molecule has 0 spiro atoms. The van der Waals surface area contributed by atoms with Crippen LogP contribution in [0.3, 0.4) is 0 Å². The highest BCUT2D eigenvalue weighted by atomic mass is 32.2. The van der Waals surface area contributed by atoms with E-state index in [-0.39, 0.29) is 0 Å². The molecule has 1 aromatic rings. The van der Waals surface area contributed by atoms with Crippen molar-refractivity contribution in [3.8, 4) is 0 Å². The standard InChI is InChI=1S/C15H24N2S/c1-17(11-12-3-5-13(16)6-4-12)14-7-9-15(18-2)10-8-14/h7-10,12-13H,3-6,11,16H2,1-2H3. The predicted octanol–water partition coefficient (Wildman–Crippen LogP) is 3.36. The van der Waals surface area contributed by atoms with Crippen LogP contribution in [0.25, 0.3) is 0 Å². The van der Waals surface area contributed by atoms with Crippen molar-refractivity contribution in [3.05, 3.63) is 24.3 Å². The fourth-order valence-corrected chi connectivity index (χ4v) is 3.11. The number of nitrogens with zero attached hydrogens (tertiary/aromatic N) is 1. The van der Waals surface area contributed by atoms with Gasteiger partial charge in [0.05, 0.1) is 0 Å². The highest BCUT2D eigenvalue weighted by Crippen LogP contribution is 2.26. The molecule has 2 rings (SSSR count). The zero-order valence-electron chi connectivity index (χ0n) is 11.4. The zero-order valence-corrected chi connectivity index (χ0v) is 12.2. The van der Waals surface area contributed by atoms with Crippen LogP contribution in [0.2, 0.25) is 0 Å². The van der Waals surface area contributed by atoms with Crippen LogP contribution in [0.1, 0.15) is 25.7 Å². The highest BCUT2D eigenvalue weighted by Gasteiger charge is 2.19. The van der Waals surface area contributed by atoms with Crippen LogP contribution < -0.4 is 10.6 Å². The second kappa shape index (κ2) is 6.48. The number of rotatable bonds is 4. The van der Waals surface area contributed by atoms with E-state index in [9.17, 15) is 0 Å². The summed E-state index contributed by atoms with van der Waals surface area (Å²) in [6.07, 6.45) is 7.08. The normalized spacial score (nSPS) is 23.9. The van der Waals surface area contributed by atoms with Gasteiger partial charge in [0.1, 0.15) is 0 Å². The van der Waals surface area contributed by atoms with Crippen LogP contribution in [0.5, 0.6) is 0 Å². The van der Waals surface area contributed by atoms with Gasteiger partial charge in [-0.1, -0.05) is 0 Å². The van der Waals surface area contributed by atoms with Gasteiger partial charge < -0.3 is 10.6 Å². The minimum Gasteiger partial charge on any atom is -0.374 e. The number of nitrogens with two attached hydrogens (primary N) is 1. The second-order valence-corrected chi connectivity index (χ2v) is 6.24. The number of anilines is 1. The van der Waals surface area contributed by atoms with E-state index in [1.54, 1.807) is 11.8 Å². The molecular formula is C15H24N2S. The number of benzene rings is 1. The van der Waals surface area contributed by atoms with E-state index in [4.69, 9.17) is 5.73 Å². The summed E-state index contributed by atoms with van der Waals surface area (Å²) in [6.45, 7) is 1.16. The van der Waals surface area contributed by atoms with Crippen LogP contribution in [0.15, 0.2) is 29.2 Å². The first-order valence-electron chi connectivity index (χ1n) is 6.80. The van der Waals surface area contributed by atoms with Crippen LogP contribution in [-0.4, -0.2) is 25.9 Å². The van der Waals surface area contributed by atoms with E-state index in [1.165, 1.54) is 36.3 Å². The van der Waals surface area contributed by atoms with Crippen molar-refractivity contribution in [2.24, 2.45) is 11.7 Å². The van der Waals surface area contributed by atoms with Gasteiger partial charge in [-0.15, -0.1) is 11.8 Å². The van der Waals surface area contributed by atoms with Crippen molar-refractivity contribution >= 4 is 17.4 Å². The molecule has 0 heterocycles. The Hall–Kier alpha value is -0.670. The molecule has 2 nitrogen and oxygen atoms in total. The molecule has 0 aromatic heterocycles. The molecule has 0 bridgehead atoms. The Labute approximate surface area is 115 Å². The van der Waals surface area contributed by atoms with Crippen molar-refractivity contribution in [3.63, 3.8) is 0 Å². The first-order chi connectivity index (χ1) is 8.69. The van der Waals surface area contributed by atoms with Crippen LogP contribution in [0.4, 0.5) is 5.69 Å². The van der Waals surface area contributed by atoms with Crippen molar-refractivity contribution in [2.45, 2.75) is 36.6 Å². The van der Waals surface area contributed by atoms with E-state index in [0.717, 1.165) is 12.5 Å². The highest BCUT2D eigenvalue weighted by molar-refractivity contribution is 7.98. The maximum absolute atomic E-state index is 5.95. The zero-order chi connectivity index (χ0) is 13.0. The van der Waals surface area contributed by atoms with Crippen LogP contribution in [0, 0.1) is 5.92 Å². The predicted molar refractivity (Wildman–Crippen MR) is 81.4 cm³/mol. The third kappa shape index (κ3) is 3.66. The lowest BCUT2D eigenvalue weighted by Gasteiger charge is -2.30. The molecule has 1 aromatic carbocycles. The monoisotopic (exact) mass is 264 g/mol. The Morgan fingerprint density at radius 3 is 2.33 bits per heavy atom. The average molecular weight is 264 g/mol. The maximum Gasteiger partial charge on any atom is 0.0364 e. The molecule has 0 aliphatic heterocycles. The average Bonchev–Trinajstić information content (AvgIpc) is 2.41. The Morgan fingerprint density at radius 1 is 1.17 bits per heavy atom. The largest absolute Gasteiger partial charge is 0.374 e. The van der Waals surface area contributed by atoms with Gasteiger partial charge in [-0.2, -0.15) is 0 Å². The smallest absolute Gasteiger partial charge is 0.0364 e. The molecule has 0 radical (unpaired) electrons. The Bertz CT molecular complexity index is 355. The van der Waals surface area contributed by atoms with Crippen LogP contribution >= 0.6 is 11.8 Å². The molecule has 0 atom stereocenters. The van der Waals surface area contributed by atoms with Gasteiger partial charge in [0.25, 0.3) is 0 Å². The number of hydrogen-bond acceptors (Lipinski definition) is 3. The molecule has 0 unspecified atom stereocenters. The quantitative estimate of drug-likeness (QED) is 0.846. The summed E-state index contributed by atoms with van der Waals surface area (Å²) in [5.74, 6) is 0.815. The van der Waals surface area contributed by atoms with E-state index in [2.05, 4.69) is 42.5 Å². The third-order valence-electron chi connectivity index (χ3n) is 3.94. The number of hydrogen-bond donors (Lipinski definition) is 1. The molecular weight excluding hydrogens is 240 g/mol. The first kappa shape index (κ1) is 13.8. The number of thioether (sulfide) groups is 1. The van der Waals surface area contributed by atoms with E-state index >= 15 is 0 Å². The summed E-state index contributed by atoms with van der Waals surface area (Å²) in [5.41, 5.74) is 7.28. The first-order valence-corrected chi connectivity index (χ1v) is 8.02. The Kier molecular flexibility index (Phi) is 4.95. The van der Waals surface area contributed by atoms with E-state index < -0.39 is 0 Å². The van der Waals surface area contributed by atoms with Gasteiger partial charge in [-0.3, -0.25) is 0 Å². The molecule has 1 aliphatic carbocycles. The third-order valence-corrected chi connectivity index (χ3v) is 4.68. The minimum absolute atomic E-state index is 0.451. The molecule has 1 aliphatic rings. The molecule has 18 heavy (non-hydrogen) atoms. The SMILES string of the molecule is CSc1ccc(N(C)CC2CCC(N)CC2)cc1. The molecule has 2 N–H and O–H groups in total. The summed E-state index contributed by atoms with van der Waals surface area (Å²) in [6, 6.07) is 9.30. The minimum atomic E-state index is 0.451. The van der Waals surface area contributed by atoms with Crippen molar-refractivity contribution in [2.75, 3.05) is 24.7 Å². The van der Waals surface area contributed by atoms with Gasteiger partial charge in [0.15, 0.2) is 0 Å². The van der Waals surface area contributed by atoms with Gasteiger partial charge in [-0.05, 0) is 62.1 Å². The van der Waals surface area contributed by atoms with E-state index in [0.29, 0.717) is 6.04 Å². The fourth-order valence-electron chi connectivity index (χ4n) is 2.70. The summed E-state index contributed by atoms with van der Waals surface area (Å²) in [5, 5.41) is 0. The second-order valence-electron chi connectivity index (χ2n) is 5.36. The molecule has 0 amide bonds. The molecule has 3 heteroatoms. The molecule has 1 fully saturated rings. The van der Waals surface area contributed by atoms with Gasteiger partial charge in [0.2, 0.25) is 0 Å². The molecule has 1 saturated carbocycles. The maximum atomic E-state index is 5.95. The van der Waals surface area contributed by atoms with Crippen molar-refractivity contribution in [1.82, 2.24) is 0 Å². The Morgan fingerprint density at radius 2 is 1.78 bits per heavy atom. The topological polar surface area (TPSA) is 29.3 Å². The lowest BCUT2D eigenvalue weighted by molar-refractivity contribution is 0.330. The fraction of sp³-hybridized carbons (Fsp3) is 0.600. The van der Waals surface area contributed by atoms with E-state index in [1.807, 2.05) is 0 Å². The summed E-state index contributed by atoms with van der Waals surface area (Å²) in [4.78, 5) is 3.71. The van der Waals surface area contributed by atoms with Crippen molar-refractivity contribution in [1.29, 1.82) is 0 Å². The Balaban J connectivity index is 1.88. The summed E-state index contributed by atoms with van der Waals surface area (Å²) < 4.78 is 0. The lowest BCUT2D eigenvalue weighted by Crippen LogP contribution is -2.32. The molecule has 0 saturated heterocycles. The summed E-state index contributed by atoms with van der Waals surface area (Å²) >= 11 is 1.79.